The molecule has 1 aliphatic rings. The number of hydrogen-bond donors (Lipinski definition) is 1. The van der Waals surface area contributed by atoms with Gasteiger partial charge in [-0.15, -0.1) is 0 Å². The van der Waals surface area contributed by atoms with Crippen LogP contribution in [0.25, 0.3) is 0 Å². The van der Waals surface area contributed by atoms with Crippen molar-refractivity contribution < 1.29 is 4.79 Å². The number of carbonyl (C=O) groups excluding carboxylic acids is 1. The molecular formula is C15H25N3OS. The number of likely N-dealkylation sites (N-methyl/N-ethyl adjacent to an activating group) is 1. The van der Waals surface area contributed by atoms with Crippen molar-refractivity contribution in [3.63, 3.8) is 0 Å². The lowest BCUT2D eigenvalue weighted by Crippen LogP contribution is -2.48. The second-order valence-corrected chi connectivity index (χ2v) is 6.95. The van der Waals surface area contributed by atoms with Crippen LogP contribution in [0.15, 0.2) is 16.8 Å². The normalized spacial score (nSPS) is 24.9. The molecule has 0 aliphatic carbocycles. The number of carbonyl (C=O) groups is 1. The SMILES string of the molecule is CC1NC(c2ccsc2)N(C(CN(C)C)C(C)C)C1=O. The van der Waals surface area contributed by atoms with Gasteiger partial charge in [0.15, 0.2) is 0 Å². The molecule has 112 valence electrons. The van der Waals surface area contributed by atoms with Crippen LogP contribution in [0.1, 0.15) is 32.5 Å². The van der Waals surface area contributed by atoms with Crippen molar-refractivity contribution in [3.05, 3.63) is 22.4 Å². The van der Waals surface area contributed by atoms with Gasteiger partial charge in [-0.05, 0) is 49.3 Å². The Morgan fingerprint density at radius 2 is 2.15 bits per heavy atom. The number of nitrogens with one attached hydrogen (secondary N) is 1. The molecule has 4 nitrogen and oxygen atoms in total. The summed E-state index contributed by atoms with van der Waals surface area (Å²) in [6, 6.07) is 2.22. The molecule has 0 bridgehead atoms. The maximum absolute atomic E-state index is 12.6. The average Bonchev–Trinajstić information content (AvgIpc) is 2.96. The molecule has 3 unspecified atom stereocenters. The monoisotopic (exact) mass is 295 g/mol. The van der Waals surface area contributed by atoms with Crippen LogP contribution in [0.5, 0.6) is 0 Å². The summed E-state index contributed by atoms with van der Waals surface area (Å²) >= 11 is 1.68. The van der Waals surface area contributed by atoms with Crippen LogP contribution in [-0.4, -0.2) is 48.4 Å². The third kappa shape index (κ3) is 3.05. The van der Waals surface area contributed by atoms with E-state index in [0.29, 0.717) is 5.92 Å². The van der Waals surface area contributed by atoms with E-state index in [1.54, 1.807) is 11.3 Å². The molecule has 1 aliphatic heterocycles. The molecule has 0 radical (unpaired) electrons. The predicted octanol–water partition coefficient (Wildman–Crippen LogP) is 2.15. The van der Waals surface area contributed by atoms with Crippen LogP contribution in [-0.2, 0) is 4.79 Å². The number of hydrogen-bond acceptors (Lipinski definition) is 4. The first-order valence-corrected chi connectivity index (χ1v) is 8.11. The summed E-state index contributed by atoms with van der Waals surface area (Å²) < 4.78 is 0. The lowest BCUT2D eigenvalue weighted by molar-refractivity contribution is -0.133. The van der Waals surface area contributed by atoms with Gasteiger partial charge in [0.1, 0.15) is 6.17 Å². The van der Waals surface area contributed by atoms with Crippen molar-refractivity contribution in [2.45, 2.75) is 39.0 Å². The lowest BCUT2D eigenvalue weighted by atomic mass is 10.0. The molecule has 1 N–H and O–H groups in total. The standard InChI is InChI=1S/C15H25N3OS/c1-10(2)13(8-17(4)5)18-14(12-6-7-20-9-12)16-11(3)15(18)19/h6-7,9-11,13-14,16H,8H2,1-5H3. The van der Waals surface area contributed by atoms with Crippen molar-refractivity contribution in [1.29, 1.82) is 0 Å². The van der Waals surface area contributed by atoms with Crippen LogP contribution < -0.4 is 5.32 Å². The highest BCUT2D eigenvalue weighted by Gasteiger charge is 2.42. The Labute approximate surface area is 125 Å². The van der Waals surface area contributed by atoms with Gasteiger partial charge in [-0.25, -0.2) is 0 Å². The summed E-state index contributed by atoms with van der Waals surface area (Å²) in [6.07, 6.45) is 0.0103. The maximum atomic E-state index is 12.6. The van der Waals surface area contributed by atoms with E-state index in [-0.39, 0.29) is 24.2 Å². The van der Waals surface area contributed by atoms with Gasteiger partial charge in [0.2, 0.25) is 5.91 Å². The number of thiophene rings is 1. The van der Waals surface area contributed by atoms with Gasteiger partial charge in [-0.1, -0.05) is 13.8 Å². The van der Waals surface area contributed by atoms with Crippen LogP contribution in [0.3, 0.4) is 0 Å². The molecule has 0 spiro atoms. The second kappa shape index (κ2) is 6.24. The largest absolute Gasteiger partial charge is 0.317 e. The van der Waals surface area contributed by atoms with Crippen LogP contribution in [0, 0.1) is 5.92 Å². The minimum atomic E-state index is -0.108. The molecular weight excluding hydrogens is 270 g/mol. The fourth-order valence-electron chi connectivity index (χ4n) is 2.78. The highest BCUT2D eigenvalue weighted by molar-refractivity contribution is 7.07. The van der Waals surface area contributed by atoms with Crippen molar-refractivity contribution in [3.8, 4) is 0 Å². The number of rotatable bonds is 5. The summed E-state index contributed by atoms with van der Waals surface area (Å²) in [4.78, 5) is 16.8. The van der Waals surface area contributed by atoms with Gasteiger partial charge < -0.3 is 9.80 Å². The molecule has 1 aromatic heterocycles. The van der Waals surface area contributed by atoms with E-state index in [4.69, 9.17) is 0 Å². The van der Waals surface area contributed by atoms with E-state index in [9.17, 15) is 4.79 Å². The zero-order valence-electron chi connectivity index (χ0n) is 13.0. The summed E-state index contributed by atoms with van der Waals surface area (Å²) in [7, 11) is 4.12. The van der Waals surface area contributed by atoms with E-state index < -0.39 is 0 Å². The zero-order chi connectivity index (χ0) is 14.9. The number of nitrogens with zero attached hydrogens (tertiary/aromatic N) is 2. The van der Waals surface area contributed by atoms with Crippen LogP contribution in [0.2, 0.25) is 0 Å². The van der Waals surface area contributed by atoms with E-state index in [1.165, 1.54) is 5.56 Å². The molecule has 5 heteroatoms. The summed E-state index contributed by atoms with van der Waals surface area (Å²) in [6.45, 7) is 7.22. The van der Waals surface area contributed by atoms with Gasteiger partial charge >= 0.3 is 0 Å². The molecule has 3 atom stereocenters. The third-order valence-corrected chi connectivity index (χ3v) is 4.55. The summed E-state index contributed by atoms with van der Waals surface area (Å²) in [5.74, 6) is 0.635. The summed E-state index contributed by atoms with van der Waals surface area (Å²) in [5.41, 5.74) is 1.19. The highest BCUT2D eigenvalue weighted by Crippen LogP contribution is 2.31. The molecule has 1 aromatic rings. The molecule has 1 amide bonds. The maximum Gasteiger partial charge on any atom is 0.241 e. The predicted molar refractivity (Wildman–Crippen MR) is 83.7 cm³/mol. The van der Waals surface area contributed by atoms with E-state index in [0.717, 1.165) is 6.54 Å². The zero-order valence-corrected chi connectivity index (χ0v) is 13.8. The molecule has 2 rings (SSSR count). The molecule has 0 aromatic carbocycles. The Hall–Kier alpha value is -0.910. The highest BCUT2D eigenvalue weighted by atomic mass is 32.1. The van der Waals surface area contributed by atoms with E-state index in [2.05, 4.69) is 59.9 Å². The Morgan fingerprint density at radius 3 is 2.65 bits per heavy atom. The minimum absolute atomic E-state index is 0.0103. The Bertz CT molecular complexity index is 444. The second-order valence-electron chi connectivity index (χ2n) is 6.17. The summed E-state index contributed by atoms with van der Waals surface area (Å²) in [5, 5.41) is 7.63. The Kier molecular flexibility index (Phi) is 4.83. The average molecular weight is 295 g/mol. The van der Waals surface area contributed by atoms with Gasteiger partial charge in [0.05, 0.1) is 6.04 Å². The molecule has 2 heterocycles. The van der Waals surface area contributed by atoms with Gasteiger partial charge in [-0.2, -0.15) is 11.3 Å². The van der Waals surface area contributed by atoms with Gasteiger partial charge in [0, 0.05) is 12.6 Å². The van der Waals surface area contributed by atoms with Gasteiger partial charge in [-0.3, -0.25) is 10.1 Å². The number of amides is 1. The minimum Gasteiger partial charge on any atom is -0.317 e. The fourth-order valence-corrected chi connectivity index (χ4v) is 3.45. The Balaban J connectivity index is 2.30. The van der Waals surface area contributed by atoms with Crippen molar-refractivity contribution >= 4 is 17.2 Å². The fraction of sp³-hybridized carbons (Fsp3) is 0.667. The smallest absolute Gasteiger partial charge is 0.241 e. The van der Waals surface area contributed by atoms with Crippen LogP contribution >= 0.6 is 11.3 Å². The first-order chi connectivity index (χ1) is 9.41. The Morgan fingerprint density at radius 1 is 1.45 bits per heavy atom. The van der Waals surface area contributed by atoms with Crippen molar-refractivity contribution in [1.82, 2.24) is 15.1 Å². The third-order valence-electron chi connectivity index (χ3n) is 3.85. The molecule has 20 heavy (non-hydrogen) atoms. The van der Waals surface area contributed by atoms with E-state index in [1.807, 2.05) is 6.92 Å². The van der Waals surface area contributed by atoms with Crippen molar-refractivity contribution in [2.24, 2.45) is 5.92 Å². The van der Waals surface area contributed by atoms with E-state index >= 15 is 0 Å². The first-order valence-electron chi connectivity index (χ1n) is 7.17. The van der Waals surface area contributed by atoms with Crippen molar-refractivity contribution in [2.75, 3.05) is 20.6 Å². The lowest BCUT2D eigenvalue weighted by Gasteiger charge is -2.36. The first kappa shape index (κ1) is 15.5. The topological polar surface area (TPSA) is 35.6 Å². The van der Waals surface area contributed by atoms with Gasteiger partial charge in [0.25, 0.3) is 0 Å². The molecule has 1 fully saturated rings. The van der Waals surface area contributed by atoms with Crippen LogP contribution in [0.4, 0.5) is 0 Å². The molecule has 1 saturated heterocycles. The quantitative estimate of drug-likeness (QED) is 0.904. The molecule has 0 saturated carbocycles.